The molecule has 1 saturated heterocycles. The first-order chi connectivity index (χ1) is 9.18. The van der Waals surface area contributed by atoms with Gasteiger partial charge in [-0.25, -0.2) is 9.18 Å². The number of hydrogen-bond acceptors (Lipinski definition) is 4. The van der Waals surface area contributed by atoms with E-state index in [1.807, 2.05) is 10.9 Å². The van der Waals surface area contributed by atoms with Gasteiger partial charge in [0.15, 0.2) is 5.67 Å². The molecule has 0 aliphatic carbocycles. The van der Waals surface area contributed by atoms with Crippen LogP contribution < -0.4 is 10.9 Å². The second-order valence-electron chi connectivity index (χ2n) is 5.65. The summed E-state index contributed by atoms with van der Waals surface area (Å²) in [6, 6.07) is 0. The number of amides is 3. The van der Waals surface area contributed by atoms with Crippen molar-refractivity contribution in [3.63, 3.8) is 0 Å². The highest BCUT2D eigenvalue weighted by Crippen LogP contribution is 2.27. The Morgan fingerprint density at radius 2 is 1.85 bits per heavy atom. The quantitative estimate of drug-likeness (QED) is 0.585. The van der Waals surface area contributed by atoms with Crippen molar-refractivity contribution in [2.24, 2.45) is 0 Å². The highest BCUT2D eigenvalue weighted by Gasteiger charge is 2.43. The molecular formula is C12H20FN3O4. The van der Waals surface area contributed by atoms with Gasteiger partial charge in [-0.2, -0.15) is 0 Å². The number of ether oxygens (including phenoxy) is 1. The molecule has 0 atom stereocenters. The van der Waals surface area contributed by atoms with Gasteiger partial charge >= 0.3 is 6.09 Å². The summed E-state index contributed by atoms with van der Waals surface area (Å²) in [5, 5.41) is 0. The maximum atomic E-state index is 14.3. The standard InChI is InChI=1S/C12H20FN3O4/c1-11(2,3)20-10(19)16-6-4-12(13,5-7-16)9(18)15-14-8-17/h8H,4-7H2,1-3H3,(H,14,17)(H,15,18). The van der Waals surface area contributed by atoms with Crippen molar-refractivity contribution in [2.75, 3.05) is 13.1 Å². The molecule has 1 rings (SSSR count). The molecule has 0 spiro atoms. The summed E-state index contributed by atoms with van der Waals surface area (Å²) in [5.74, 6) is -0.909. The van der Waals surface area contributed by atoms with Gasteiger partial charge in [-0.15, -0.1) is 0 Å². The monoisotopic (exact) mass is 289 g/mol. The molecule has 1 aliphatic rings. The Balaban J connectivity index is 2.52. The molecule has 0 aromatic rings. The summed E-state index contributed by atoms with van der Waals surface area (Å²) in [4.78, 5) is 34.7. The first-order valence-electron chi connectivity index (χ1n) is 6.34. The van der Waals surface area contributed by atoms with Gasteiger partial charge < -0.3 is 9.64 Å². The third kappa shape index (κ3) is 4.36. The minimum Gasteiger partial charge on any atom is -0.444 e. The highest BCUT2D eigenvalue weighted by atomic mass is 19.1. The lowest BCUT2D eigenvalue weighted by Crippen LogP contribution is -2.55. The molecule has 1 heterocycles. The predicted octanol–water partition coefficient (Wildman–Crippen LogP) is 0.503. The molecular weight excluding hydrogens is 269 g/mol. The van der Waals surface area contributed by atoms with Crippen LogP contribution in [0.3, 0.4) is 0 Å². The average molecular weight is 289 g/mol. The van der Waals surface area contributed by atoms with Crippen LogP contribution in [0.5, 0.6) is 0 Å². The van der Waals surface area contributed by atoms with E-state index in [9.17, 15) is 18.8 Å². The van der Waals surface area contributed by atoms with Gasteiger partial charge in [0.2, 0.25) is 6.41 Å². The normalized spacial score (nSPS) is 18.1. The number of carbonyl (C=O) groups excluding carboxylic acids is 3. The maximum Gasteiger partial charge on any atom is 0.410 e. The van der Waals surface area contributed by atoms with Crippen molar-refractivity contribution in [3.8, 4) is 0 Å². The lowest BCUT2D eigenvalue weighted by molar-refractivity contribution is -0.138. The van der Waals surface area contributed by atoms with E-state index in [0.717, 1.165) is 0 Å². The molecule has 20 heavy (non-hydrogen) atoms. The third-order valence-corrected chi connectivity index (χ3v) is 2.86. The van der Waals surface area contributed by atoms with Crippen molar-refractivity contribution in [2.45, 2.75) is 44.9 Å². The minimum absolute atomic E-state index is 0.0833. The molecule has 3 amide bonds. The fraction of sp³-hybridized carbons (Fsp3) is 0.750. The number of nitrogens with one attached hydrogen (secondary N) is 2. The van der Waals surface area contributed by atoms with Crippen LogP contribution in [-0.2, 0) is 14.3 Å². The Morgan fingerprint density at radius 1 is 1.30 bits per heavy atom. The van der Waals surface area contributed by atoms with E-state index in [1.54, 1.807) is 20.8 Å². The van der Waals surface area contributed by atoms with Crippen LogP contribution in [0.25, 0.3) is 0 Å². The molecule has 114 valence electrons. The van der Waals surface area contributed by atoms with Gasteiger partial charge in [0.25, 0.3) is 5.91 Å². The second-order valence-corrected chi connectivity index (χ2v) is 5.65. The number of halogens is 1. The fourth-order valence-corrected chi connectivity index (χ4v) is 1.80. The van der Waals surface area contributed by atoms with E-state index < -0.39 is 23.3 Å². The average Bonchev–Trinajstić information content (AvgIpc) is 2.34. The van der Waals surface area contributed by atoms with Gasteiger partial charge in [-0.3, -0.25) is 20.4 Å². The van der Waals surface area contributed by atoms with E-state index in [4.69, 9.17) is 4.74 Å². The SMILES string of the molecule is CC(C)(C)OC(=O)N1CCC(F)(C(=O)NNC=O)CC1. The summed E-state index contributed by atoms with van der Waals surface area (Å²) in [6.07, 6.45) is -0.556. The molecule has 0 unspecified atom stereocenters. The van der Waals surface area contributed by atoms with Crippen molar-refractivity contribution < 1.29 is 23.5 Å². The van der Waals surface area contributed by atoms with Gasteiger partial charge in [0.05, 0.1) is 0 Å². The van der Waals surface area contributed by atoms with Crippen LogP contribution in [0.1, 0.15) is 33.6 Å². The Labute approximate surface area is 116 Å². The van der Waals surface area contributed by atoms with Gasteiger partial charge in [-0.05, 0) is 20.8 Å². The zero-order valence-corrected chi connectivity index (χ0v) is 11.9. The van der Waals surface area contributed by atoms with Crippen molar-refractivity contribution >= 4 is 18.4 Å². The Kier molecular flexibility index (Phi) is 4.91. The number of likely N-dealkylation sites (tertiary alicyclic amines) is 1. The van der Waals surface area contributed by atoms with Crippen LogP contribution >= 0.6 is 0 Å². The molecule has 8 heteroatoms. The van der Waals surface area contributed by atoms with Crippen LogP contribution in [0.2, 0.25) is 0 Å². The summed E-state index contributed by atoms with van der Waals surface area (Å²) in [5.41, 5.74) is 1.16. The fourth-order valence-electron chi connectivity index (χ4n) is 1.80. The van der Waals surface area contributed by atoms with E-state index in [-0.39, 0.29) is 32.3 Å². The van der Waals surface area contributed by atoms with E-state index >= 15 is 0 Å². The lowest BCUT2D eigenvalue weighted by Gasteiger charge is -2.35. The summed E-state index contributed by atoms with van der Waals surface area (Å²) in [6.45, 7) is 5.40. The molecule has 2 N–H and O–H groups in total. The number of hydrazine groups is 1. The number of piperidine rings is 1. The van der Waals surface area contributed by atoms with Crippen molar-refractivity contribution in [3.05, 3.63) is 0 Å². The van der Waals surface area contributed by atoms with Crippen LogP contribution in [0.4, 0.5) is 9.18 Å². The van der Waals surface area contributed by atoms with Gasteiger partial charge in [-0.1, -0.05) is 0 Å². The molecule has 0 bridgehead atoms. The molecule has 0 radical (unpaired) electrons. The lowest BCUT2D eigenvalue weighted by atomic mass is 9.93. The molecule has 7 nitrogen and oxygen atoms in total. The van der Waals surface area contributed by atoms with Gasteiger partial charge in [0.1, 0.15) is 5.60 Å². The zero-order chi connectivity index (χ0) is 15.4. The topological polar surface area (TPSA) is 87.7 Å². The van der Waals surface area contributed by atoms with Crippen molar-refractivity contribution in [1.29, 1.82) is 0 Å². The largest absolute Gasteiger partial charge is 0.444 e. The van der Waals surface area contributed by atoms with Gasteiger partial charge in [0, 0.05) is 25.9 Å². The summed E-state index contributed by atoms with van der Waals surface area (Å²) in [7, 11) is 0. The summed E-state index contributed by atoms with van der Waals surface area (Å²) < 4.78 is 19.5. The number of alkyl halides is 1. The van der Waals surface area contributed by atoms with Crippen LogP contribution in [0.15, 0.2) is 0 Å². The first kappa shape index (κ1) is 16.2. The number of hydrogen-bond donors (Lipinski definition) is 2. The Bertz CT molecular complexity index is 387. The minimum atomic E-state index is -2.09. The van der Waals surface area contributed by atoms with E-state index in [2.05, 4.69) is 0 Å². The zero-order valence-electron chi connectivity index (χ0n) is 11.9. The maximum absolute atomic E-state index is 14.3. The Hall–Kier alpha value is -1.86. The smallest absolute Gasteiger partial charge is 0.410 e. The Morgan fingerprint density at radius 3 is 2.30 bits per heavy atom. The molecule has 0 saturated carbocycles. The van der Waals surface area contributed by atoms with Crippen LogP contribution in [-0.4, -0.2) is 47.7 Å². The molecule has 1 fully saturated rings. The highest BCUT2D eigenvalue weighted by molar-refractivity contribution is 5.86. The molecule has 0 aromatic heterocycles. The molecule has 1 aliphatic heterocycles. The predicted molar refractivity (Wildman–Crippen MR) is 68.2 cm³/mol. The van der Waals surface area contributed by atoms with E-state index in [0.29, 0.717) is 0 Å². The number of carbonyl (C=O) groups is 3. The summed E-state index contributed by atoms with van der Waals surface area (Å²) >= 11 is 0. The van der Waals surface area contributed by atoms with Crippen LogP contribution in [0, 0.1) is 0 Å². The van der Waals surface area contributed by atoms with Crippen molar-refractivity contribution in [1.82, 2.24) is 15.8 Å². The number of nitrogens with zero attached hydrogens (tertiary/aromatic N) is 1. The molecule has 0 aromatic carbocycles. The first-order valence-corrected chi connectivity index (χ1v) is 6.34. The second kappa shape index (κ2) is 6.06. The van der Waals surface area contributed by atoms with E-state index in [1.165, 1.54) is 4.90 Å². The number of rotatable bonds is 3. The third-order valence-electron chi connectivity index (χ3n) is 2.86.